The van der Waals surface area contributed by atoms with Crippen LogP contribution in [0, 0.1) is 0 Å². The highest BCUT2D eigenvalue weighted by Gasteiger charge is 2.26. The lowest BCUT2D eigenvalue weighted by Crippen LogP contribution is -2.08. The van der Waals surface area contributed by atoms with Gasteiger partial charge in [0.2, 0.25) is 0 Å². The molecule has 0 saturated carbocycles. The topological polar surface area (TPSA) is 0 Å². The summed E-state index contributed by atoms with van der Waals surface area (Å²) in [5.41, 5.74) is 0. The highest BCUT2D eigenvalue weighted by Crippen LogP contribution is 2.13. The Morgan fingerprint density at radius 3 is 1.44 bits per heavy atom. The van der Waals surface area contributed by atoms with Crippen LogP contribution in [0.15, 0.2) is 0 Å². The summed E-state index contributed by atoms with van der Waals surface area (Å²) in [4.78, 5) is 0. The summed E-state index contributed by atoms with van der Waals surface area (Å²) in [7, 11) is 0. The molecule has 0 aromatic heterocycles. The third-order valence-electron chi connectivity index (χ3n) is 0.152. The van der Waals surface area contributed by atoms with E-state index in [-0.39, 0.29) is 0 Å². The Morgan fingerprint density at radius 1 is 1.33 bits per heavy atom. The van der Waals surface area contributed by atoms with Crippen molar-refractivity contribution < 1.29 is 17.6 Å². The predicted molar refractivity (Wildman–Crippen MR) is 28.4 cm³/mol. The Bertz CT molecular complexity index is 51.0. The molecule has 0 aliphatic heterocycles. The quantitative estimate of drug-likeness (QED) is 0.384. The number of alkyl halides is 5. The fourth-order valence-corrected chi connectivity index (χ4v) is 0. The van der Waals surface area contributed by atoms with E-state index in [4.69, 9.17) is 11.6 Å². The van der Waals surface area contributed by atoms with Gasteiger partial charge >= 0.3 is 6.18 Å². The van der Waals surface area contributed by atoms with Crippen LogP contribution < -0.4 is 0 Å². The van der Waals surface area contributed by atoms with Crippen LogP contribution in [0.2, 0.25) is 0 Å². The van der Waals surface area contributed by atoms with Crippen LogP contribution in [0.5, 0.6) is 0 Å². The summed E-state index contributed by atoms with van der Waals surface area (Å²) in [5, 5.41) is 0. The van der Waals surface area contributed by atoms with Crippen molar-refractivity contribution in [3.8, 4) is 0 Å². The molecule has 0 aromatic rings. The van der Waals surface area contributed by atoms with Gasteiger partial charge in [0, 0.05) is 5.88 Å². The van der Waals surface area contributed by atoms with Crippen molar-refractivity contribution in [2.75, 3.05) is 12.6 Å². The van der Waals surface area contributed by atoms with E-state index in [1.54, 1.807) is 0 Å². The van der Waals surface area contributed by atoms with E-state index in [2.05, 4.69) is 0 Å². The van der Waals surface area contributed by atoms with Crippen LogP contribution in [-0.2, 0) is 0 Å². The molecule has 0 rings (SSSR count). The molecule has 9 heavy (non-hydrogen) atoms. The Labute approximate surface area is 55.8 Å². The summed E-state index contributed by atoms with van der Waals surface area (Å²) < 4.78 is 41.6. The maximum atomic E-state index is 10.4. The lowest BCUT2D eigenvalue weighted by molar-refractivity contribution is -0.142. The molecule has 0 radical (unpaired) electrons. The normalized spacial score (nSPS) is 10.0. The van der Waals surface area contributed by atoms with Gasteiger partial charge in [-0.1, -0.05) is 6.92 Å². The third-order valence-corrected chi connectivity index (χ3v) is 0.152. The van der Waals surface area contributed by atoms with Gasteiger partial charge in [0.25, 0.3) is 0 Å². The van der Waals surface area contributed by atoms with Crippen molar-refractivity contribution in [2.45, 2.75) is 13.1 Å². The molecule has 0 saturated heterocycles. The molecule has 0 nitrogen and oxygen atoms in total. The summed E-state index contributed by atoms with van der Waals surface area (Å²) >= 11 is 5.00. The van der Waals surface area contributed by atoms with Crippen molar-refractivity contribution in [2.24, 2.45) is 0 Å². The lowest BCUT2D eigenvalue weighted by atomic mass is 10.8. The molecule has 0 spiro atoms. The van der Waals surface area contributed by atoms with E-state index in [0.29, 0.717) is 0 Å². The minimum atomic E-state index is -4.62. The maximum Gasteiger partial charge on any atom is 0.416 e. The molecule has 0 N–H and O–H groups in total. The zero-order valence-corrected chi connectivity index (χ0v) is 5.56. The van der Waals surface area contributed by atoms with Crippen LogP contribution >= 0.6 is 11.6 Å². The van der Waals surface area contributed by atoms with Gasteiger partial charge in [-0.15, -0.1) is 11.6 Å². The van der Waals surface area contributed by atoms with Gasteiger partial charge < -0.3 is 0 Å². The largest absolute Gasteiger partial charge is 0.416 e. The first-order valence-corrected chi connectivity index (χ1v) is 2.70. The first kappa shape index (κ1) is 11.8. The molecule has 0 aromatic carbocycles. The SMILES string of the molecule is CCCl.FCC(F)(F)F. The standard InChI is InChI=1S/C2H5Cl.C2H2F4/c1-2-3;3-1-2(4,5)6/h2H2,1H3;1H2. The summed E-state index contributed by atoms with van der Waals surface area (Å²) in [5.74, 6) is 0.722. The molecular formula is C4H7ClF4. The molecule has 0 aliphatic carbocycles. The molecule has 0 amide bonds. The van der Waals surface area contributed by atoms with Crippen LogP contribution in [0.4, 0.5) is 17.6 Å². The fraction of sp³-hybridized carbons (Fsp3) is 1.00. The number of hydrogen-bond acceptors (Lipinski definition) is 0. The Kier molecular flexibility index (Phi) is 8.02. The van der Waals surface area contributed by atoms with Gasteiger partial charge in [-0.05, 0) is 0 Å². The van der Waals surface area contributed by atoms with Crippen molar-refractivity contribution in [3.05, 3.63) is 0 Å². The second kappa shape index (κ2) is 6.13. The fourth-order valence-electron chi connectivity index (χ4n) is 0. The van der Waals surface area contributed by atoms with Crippen molar-refractivity contribution in [1.29, 1.82) is 0 Å². The van der Waals surface area contributed by atoms with Crippen LogP contribution in [0.3, 0.4) is 0 Å². The van der Waals surface area contributed by atoms with E-state index in [1.807, 2.05) is 6.92 Å². The van der Waals surface area contributed by atoms with Crippen LogP contribution in [0.25, 0.3) is 0 Å². The van der Waals surface area contributed by atoms with Gasteiger partial charge in [-0.25, -0.2) is 4.39 Å². The average molecular weight is 167 g/mol. The Hall–Kier alpha value is 0.01000. The summed E-state index contributed by atoms with van der Waals surface area (Å²) in [6.07, 6.45) is -4.62. The van der Waals surface area contributed by atoms with Crippen molar-refractivity contribution in [1.82, 2.24) is 0 Å². The first-order chi connectivity index (χ1) is 3.97. The lowest BCUT2D eigenvalue weighted by Gasteiger charge is -1.93. The molecule has 0 bridgehead atoms. The van der Waals surface area contributed by atoms with E-state index in [9.17, 15) is 17.6 Å². The third kappa shape index (κ3) is 31.9. The summed E-state index contributed by atoms with van der Waals surface area (Å²) in [6.45, 7) is -0.339. The monoisotopic (exact) mass is 166 g/mol. The van der Waals surface area contributed by atoms with Crippen molar-refractivity contribution in [3.63, 3.8) is 0 Å². The molecule has 0 heterocycles. The van der Waals surface area contributed by atoms with Gasteiger partial charge in [0.05, 0.1) is 0 Å². The number of halogens is 5. The number of hydrogen-bond donors (Lipinski definition) is 0. The van der Waals surface area contributed by atoms with E-state index in [0.717, 1.165) is 5.88 Å². The molecule has 58 valence electrons. The van der Waals surface area contributed by atoms with E-state index < -0.39 is 12.9 Å². The second-order valence-electron chi connectivity index (χ2n) is 1.02. The first-order valence-electron chi connectivity index (χ1n) is 2.16. The van der Waals surface area contributed by atoms with Crippen LogP contribution in [0.1, 0.15) is 6.92 Å². The molecule has 0 aliphatic rings. The van der Waals surface area contributed by atoms with Gasteiger partial charge in [-0.2, -0.15) is 13.2 Å². The highest BCUT2D eigenvalue weighted by atomic mass is 35.5. The molecule has 0 atom stereocenters. The zero-order chi connectivity index (χ0) is 7.91. The highest BCUT2D eigenvalue weighted by molar-refractivity contribution is 6.17. The maximum absolute atomic E-state index is 10.4. The van der Waals surface area contributed by atoms with Gasteiger partial charge in [0.1, 0.15) is 0 Å². The van der Waals surface area contributed by atoms with Crippen LogP contribution in [-0.4, -0.2) is 18.7 Å². The number of rotatable bonds is 0. The summed E-state index contributed by atoms with van der Waals surface area (Å²) in [6, 6.07) is 0. The molecule has 5 heteroatoms. The minimum absolute atomic E-state index is 0.722. The Morgan fingerprint density at radius 2 is 1.44 bits per heavy atom. The van der Waals surface area contributed by atoms with Gasteiger partial charge in [0.15, 0.2) is 6.67 Å². The minimum Gasteiger partial charge on any atom is -0.241 e. The van der Waals surface area contributed by atoms with Crippen molar-refractivity contribution >= 4 is 11.6 Å². The second-order valence-corrected chi connectivity index (χ2v) is 1.55. The predicted octanol–water partition coefficient (Wildman–Crippen LogP) is 2.76. The van der Waals surface area contributed by atoms with E-state index in [1.165, 1.54) is 0 Å². The average Bonchev–Trinajstić information content (AvgIpc) is 1.67. The zero-order valence-electron chi connectivity index (χ0n) is 4.80. The molecule has 0 fully saturated rings. The molecule has 0 unspecified atom stereocenters. The Balaban J connectivity index is 0. The smallest absolute Gasteiger partial charge is 0.241 e. The van der Waals surface area contributed by atoms with E-state index >= 15 is 0 Å². The molecular weight excluding hydrogens is 159 g/mol. The van der Waals surface area contributed by atoms with Gasteiger partial charge in [-0.3, -0.25) is 0 Å².